The maximum absolute atomic E-state index is 0. The van der Waals surface area contributed by atoms with Crippen molar-refractivity contribution in [1.82, 2.24) is 0 Å². The van der Waals surface area contributed by atoms with Gasteiger partial charge in [-0.15, -0.1) is 0 Å². The predicted molar refractivity (Wildman–Crippen MR) is 13.6 cm³/mol. The van der Waals surface area contributed by atoms with Gasteiger partial charge in [0.2, 0.25) is 0 Å². The van der Waals surface area contributed by atoms with Crippen molar-refractivity contribution < 1.29 is 16.4 Å². The Bertz CT molecular complexity index is 6.85. The third kappa shape index (κ3) is 36.0. The van der Waals surface area contributed by atoms with Crippen molar-refractivity contribution in [3.63, 3.8) is 0 Å². The summed E-state index contributed by atoms with van der Waals surface area (Å²) in [5.41, 5.74) is 0. The van der Waals surface area contributed by atoms with E-state index in [9.17, 15) is 0 Å². The maximum Gasteiger partial charge on any atom is 3.00 e. The largest absolute Gasteiger partial charge is 3.00 e. The molecular weight excluding hydrogens is 197 g/mol. The number of hydrogen-bond donors (Lipinski definition) is 0. The van der Waals surface area contributed by atoms with Crippen LogP contribution in [0, 0.1) is 0 Å². The molecule has 0 rings (SSSR count). The summed E-state index contributed by atoms with van der Waals surface area (Å²) in [5, 5.41) is 0. The average molecular weight is 197 g/mol. The van der Waals surface area contributed by atoms with Crippen LogP contribution in [-0.2, 0) is 16.4 Å². The zero-order chi connectivity index (χ0) is 0. The molecule has 0 aliphatic rings. The van der Waals surface area contributed by atoms with Crippen LogP contribution in [0.4, 0.5) is 0 Å². The van der Waals surface area contributed by atoms with Gasteiger partial charge in [-0.05, 0) is 0 Å². The van der Waals surface area contributed by atoms with Crippen molar-refractivity contribution in [2.24, 2.45) is 0 Å². The van der Waals surface area contributed by atoms with E-state index in [1.54, 1.807) is 0 Å². The Balaban J connectivity index is 0. The first-order valence-electron chi connectivity index (χ1n) is 0. The molecule has 3 nitrogen and oxygen atoms in total. The van der Waals surface area contributed by atoms with E-state index in [1.165, 1.54) is 0 Å². The molecule has 0 atom stereocenters. The van der Waals surface area contributed by atoms with Crippen LogP contribution in [0.25, 0.3) is 0 Å². The molecule has 0 aromatic rings. The summed E-state index contributed by atoms with van der Waals surface area (Å²) < 4.78 is 0. The van der Waals surface area contributed by atoms with Crippen LogP contribution in [0.5, 0.6) is 0 Å². The van der Waals surface area contributed by atoms with Crippen molar-refractivity contribution in [1.29, 1.82) is 0 Å². The van der Waals surface area contributed by atoms with Gasteiger partial charge in [-0.2, -0.15) is 0 Å². The summed E-state index contributed by atoms with van der Waals surface area (Å²) in [7, 11) is 0. The molecule has 0 aliphatic carbocycles. The van der Waals surface area contributed by atoms with Crippen LogP contribution in [0.15, 0.2) is 0 Å². The predicted octanol–water partition coefficient (Wildman–Crippen LogP) is -1.12. The Morgan fingerprint density at radius 3 is 0.600 bits per heavy atom. The number of rotatable bonds is 0. The minimum Gasteiger partial charge on any atom is -2.00 e. The van der Waals surface area contributed by atoms with Gasteiger partial charge in [0, 0.05) is 0 Å². The van der Waals surface area contributed by atoms with Gasteiger partial charge in [-0.3, -0.25) is 0 Å². The van der Waals surface area contributed by atoms with Crippen molar-refractivity contribution in [3.05, 3.63) is 0 Å². The molecule has 5 heavy (non-hydrogen) atoms. The summed E-state index contributed by atoms with van der Waals surface area (Å²) >= 11 is 0. The molecule has 26 valence electrons. The zero-order valence-corrected chi connectivity index (χ0v) is 5.96. The summed E-state index contributed by atoms with van der Waals surface area (Å²) in [4.78, 5) is 0. The third-order valence-electron chi connectivity index (χ3n) is 0. The summed E-state index contributed by atoms with van der Waals surface area (Å²) in [6.07, 6.45) is 0. The molecular formula is AlO3Sb. The van der Waals surface area contributed by atoms with E-state index in [2.05, 4.69) is 0 Å². The Labute approximate surface area is 58.3 Å². The fraction of sp³-hybridized carbons (Fsp3) is 0. The van der Waals surface area contributed by atoms with Crippen molar-refractivity contribution in [2.45, 2.75) is 0 Å². The van der Waals surface area contributed by atoms with E-state index < -0.39 is 0 Å². The van der Waals surface area contributed by atoms with Crippen LogP contribution < -0.4 is 0 Å². The van der Waals surface area contributed by atoms with Crippen molar-refractivity contribution in [3.8, 4) is 0 Å². The quantitative estimate of drug-likeness (QED) is 0.440. The smallest absolute Gasteiger partial charge is 2.00 e. The molecule has 0 aromatic carbocycles. The molecule has 0 fully saturated rings. The molecule has 2 radical (unpaired) electrons. The van der Waals surface area contributed by atoms with Gasteiger partial charge in [-0.25, -0.2) is 0 Å². The summed E-state index contributed by atoms with van der Waals surface area (Å²) in [6.45, 7) is 0. The molecule has 0 bridgehead atoms. The Kier molecular flexibility index (Phi) is 1390. The monoisotopic (exact) mass is 196 g/mol. The van der Waals surface area contributed by atoms with Crippen LogP contribution in [0.3, 0.4) is 0 Å². The second-order valence-electron chi connectivity index (χ2n) is 0. The average Bonchev–Trinajstić information content (AvgIpc) is 0. The molecule has 5 heteroatoms. The molecule has 0 spiro atoms. The molecule has 0 heterocycles. The Hall–Kier alpha value is 1.23. The standard InChI is InChI=1S/Al.3O.Sb/q+3;3*-2;+3. The van der Waals surface area contributed by atoms with E-state index in [-0.39, 0.29) is 58.2 Å². The SMILES string of the molecule is [Al+3].[O-2].[O-2].[O-2].[Sb+3]. The van der Waals surface area contributed by atoms with Crippen molar-refractivity contribution >= 4 is 41.8 Å². The van der Waals surface area contributed by atoms with Crippen LogP contribution in [0.1, 0.15) is 0 Å². The van der Waals surface area contributed by atoms with Gasteiger partial charge >= 0.3 is 41.8 Å². The third-order valence-corrected chi connectivity index (χ3v) is 0. The molecule has 0 amide bonds. The van der Waals surface area contributed by atoms with Crippen LogP contribution in [0.2, 0.25) is 0 Å². The zero-order valence-electron chi connectivity index (χ0n) is 2.25. The van der Waals surface area contributed by atoms with Crippen molar-refractivity contribution in [2.75, 3.05) is 0 Å². The molecule has 0 aliphatic heterocycles. The fourth-order valence-corrected chi connectivity index (χ4v) is 0. The Morgan fingerprint density at radius 2 is 0.600 bits per heavy atom. The van der Waals surface area contributed by atoms with Gasteiger partial charge in [0.15, 0.2) is 0 Å². The normalized spacial score (nSPS) is 0. The van der Waals surface area contributed by atoms with Crippen LogP contribution in [-0.4, -0.2) is 41.8 Å². The van der Waals surface area contributed by atoms with Crippen LogP contribution >= 0.6 is 0 Å². The van der Waals surface area contributed by atoms with Gasteiger partial charge in [-0.1, -0.05) is 0 Å². The number of hydrogen-bond acceptors (Lipinski definition) is 0. The first-order chi connectivity index (χ1) is 0. The second-order valence-corrected chi connectivity index (χ2v) is 0. The topological polar surface area (TPSA) is 85.5 Å². The minimum atomic E-state index is 0. The van der Waals surface area contributed by atoms with Gasteiger partial charge in [0.05, 0.1) is 0 Å². The first kappa shape index (κ1) is 113. The maximum atomic E-state index is 0. The van der Waals surface area contributed by atoms with E-state index in [4.69, 9.17) is 0 Å². The van der Waals surface area contributed by atoms with Gasteiger partial charge in [0.1, 0.15) is 0 Å². The first-order valence-corrected chi connectivity index (χ1v) is 0. The van der Waals surface area contributed by atoms with E-state index >= 15 is 0 Å². The second kappa shape index (κ2) is 61.8. The molecule has 0 saturated carbocycles. The molecule has 0 saturated heterocycles. The van der Waals surface area contributed by atoms with Gasteiger partial charge < -0.3 is 16.4 Å². The Morgan fingerprint density at radius 1 is 0.600 bits per heavy atom. The fourth-order valence-electron chi connectivity index (χ4n) is 0. The van der Waals surface area contributed by atoms with E-state index in [1.807, 2.05) is 0 Å². The van der Waals surface area contributed by atoms with E-state index in [0.717, 1.165) is 0 Å². The van der Waals surface area contributed by atoms with Gasteiger partial charge in [0.25, 0.3) is 0 Å². The molecule has 0 aromatic heterocycles. The summed E-state index contributed by atoms with van der Waals surface area (Å²) in [5.74, 6) is 0. The van der Waals surface area contributed by atoms with E-state index in [0.29, 0.717) is 0 Å². The molecule has 0 N–H and O–H groups in total. The molecule has 0 unspecified atom stereocenters. The summed E-state index contributed by atoms with van der Waals surface area (Å²) in [6, 6.07) is 0. The minimum absolute atomic E-state index is 0.